The van der Waals surface area contributed by atoms with Gasteiger partial charge >= 0.3 is 5.97 Å². The minimum absolute atomic E-state index is 0.410. The zero-order valence-corrected chi connectivity index (χ0v) is 21.5. The van der Waals surface area contributed by atoms with Crippen molar-refractivity contribution >= 4 is 34.0 Å². The van der Waals surface area contributed by atoms with E-state index in [4.69, 9.17) is 9.84 Å². The molecule has 0 aliphatic carbocycles. The van der Waals surface area contributed by atoms with Crippen LogP contribution in [0.15, 0.2) is 48.5 Å². The van der Waals surface area contributed by atoms with Crippen LogP contribution in [0.1, 0.15) is 35.6 Å². The number of rotatable bonds is 9. The number of methoxy groups -OCH3 is 1. The van der Waals surface area contributed by atoms with Gasteiger partial charge < -0.3 is 25.2 Å². The normalized spacial score (nSPS) is 16.0. The lowest BCUT2D eigenvalue weighted by Gasteiger charge is -2.33. The lowest BCUT2D eigenvalue weighted by atomic mass is 9.98. The third kappa shape index (κ3) is 5.67. The average molecular weight is 517 g/mol. The van der Waals surface area contributed by atoms with E-state index < -0.39 is 12.1 Å². The number of aliphatic hydroxyl groups is 1. The molecule has 1 aliphatic heterocycles. The predicted octanol–water partition coefficient (Wildman–Crippen LogP) is 2.91. The van der Waals surface area contributed by atoms with Crippen molar-refractivity contribution in [1.29, 1.82) is 0 Å². The number of β-amino-alcohol motifs (C(OH)–C–C–N with tert-alkyl or cyclic N) is 1. The van der Waals surface area contributed by atoms with E-state index in [2.05, 4.69) is 43.7 Å². The van der Waals surface area contributed by atoms with Gasteiger partial charge in [-0.05, 0) is 61.3 Å². The Hall–Kier alpha value is -3.86. The monoisotopic (exact) mass is 516 g/mol. The van der Waals surface area contributed by atoms with E-state index in [1.807, 2.05) is 25.2 Å². The van der Waals surface area contributed by atoms with E-state index in [0.29, 0.717) is 29.5 Å². The molecule has 2 aromatic heterocycles. The molecule has 198 valence electrons. The summed E-state index contributed by atoms with van der Waals surface area (Å²) in [5.74, 6) is -0.580. The molecule has 5 rings (SSSR count). The summed E-state index contributed by atoms with van der Waals surface area (Å²) >= 11 is 0. The maximum Gasteiger partial charge on any atom is 0.328 e. The molecule has 1 aliphatic rings. The van der Waals surface area contributed by atoms with Gasteiger partial charge in [-0.2, -0.15) is 0 Å². The van der Waals surface area contributed by atoms with E-state index in [1.165, 1.54) is 11.6 Å². The molecule has 0 saturated carbocycles. The number of carboxylic acid groups (broad SMARTS) is 1. The summed E-state index contributed by atoms with van der Waals surface area (Å²) in [6.45, 7) is 3.04. The molecule has 10 heteroatoms. The van der Waals surface area contributed by atoms with Crippen LogP contribution in [-0.2, 0) is 18.4 Å². The predicted molar refractivity (Wildman–Crippen MR) is 145 cm³/mol. The zero-order valence-electron chi connectivity index (χ0n) is 21.5. The first-order chi connectivity index (χ1) is 18.4. The fourth-order valence-corrected chi connectivity index (χ4v) is 5.05. The Balaban J connectivity index is 1.21. The highest BCUT2D eigenvalue weighted by atomic mass is 16.5. The van der Waals surface area contributed by atoms with Gasteiger partial charge in [-0.15, -0.1) is 5.10 Å². The van der Waals surface area contributed by atoms with Crippen molar-refractivity contribution in [2.24, 2.45) is 7.05 Å². The fourth-order valence-electron chi connectivity index (χ4n) is 5.05. The minimum atomic E-state index is -1.02. The Bertz CT molecular complexity index is 1480. The van der Waals surface area contributed by atoms with Crippen molar-refractivity contribution in [2.45, 2.75) is 31.5 Å². The van der Waals surface area contributed by atoms with Gasteiger partial charge in [-0.3, -0.25) is 0 Å². The number of fused-ring (bicyclic) bond motifs is 2. The van der Waals surface area contributed by atoms with Crippen molar-refractivity contribution < 1.29 is 19.7 Å². The number of aryl methyl sites for hydroxylation is 1. The standard InChI is InChI=1S/C28H32N6O4/c1-33-24-8-3-18(15-23(24)31-32-33)16-29-20-11-13-34(14-12-20)17-25(35)22-6-4-19(5-10-27(36)37)21-7-9-26(38-2)30-28(21)22/h3-10,15,20,25,29,35H,11-14,16-17H2,1-2H3,(H,36,37)/b10-5+. The SMILES string of the molecule is COc1ccc2c(/C=C/C(=O)O)ccc(C(O)CN3CCC(NCc4ccc5c(c4)nnn5C)CC3)c2n1. The molecule has 1 atom stereocenters. The number of carbonyl (C=O) groups is 1. The van der Waals surface area contributed by atoms with Gasteiger partial charge in [0.15, 0.2) is 0 Å². The highest BCUT2D eigenvalue weighted by Crippen LogP contribution is 2.30. The Labute approximate surface area is 220 Å². The molecule has 2 aromatic carbocycles. The molecule has 3 N–H and O–H groups in total. The first-order valence-electron chi connectivity index (χ1n) is 12.7. The molecular formula is C28H32N6O4. The molecule has 0 bridgehead atoms. The quantitative estimate of drug-likeness (QED) is 0.288. The number of piperidine rings is 1. The third-order valence-electron chi connectivity index (χ3n) is 7.16. The summed E-state index contributed by atoms with van der Waals surface area (Å²) < 4.78 is 7.08. The van der Waals surface area contributed by atoms with Crippen LogP contribution in [0, 0.1) is 0 Å². The Morgan fingerprint density at radius 2 is 2.03 bits per heavy atom. The number of nitrogens with zero attached hydrogens (tertiary/aromatic N) is 5. The van der Waals surface area contributed by atoms with Gasteiger partial charge in [0, 0.05) is 49.3 Å². The van der Waals surface area contributed by atoms with E-state index in [0.717, 1.165) is 60.5 Å². The number of aromatic nitrogens is 4. The number of hydrogen-bond acceptors (Lipinski definition) is 8. The number of carboxylic acids is 1. The second-order valence-corrected chi connectivity index (χ2v) is 9.67. The second-order valence-electron chi connectivity index (χ2n) is 9.67. The van der Waals surface area contributed by atoms with E-state index in [1.54, 1.807) is 17.9 Å². The number of pyridine rings is 1. The number of ether oxygens (including phenoxy) is 1. The van der Waals surface area contributed by atoms with Crippen LogP contribution in [0.5, 0.6) is 5.88 Å². The van der Waals surface area contributed by atoms with Crippen LogP contribution in [0.3, 0.4) is 0 Å². The molecule has 0 radical (unpaired) electrons. The van der Waals surface area contributed by atoms with Crippen molar-refractivity contribution in [2.75, 3.05) is 26.7 Å². The molecule has 1 saturated heterocycles. The van der Waals surface area contributed by atoms with Crippen molar-refractivity contribution in [1.82, 2.24) is 30.2 Å². The van der Waals surface area contributed by atoms with Crippen LogP contribution in [0.25, 0.3) is 28.0 Å². The van der Waals surface area contributed by atoms with E-state index in [-0.39, 0.29) is 0 Å². The molecule has 1 fully saturated rings. The smallest absolute Gasteiger partial charge is 0.328 e. The summed E-state index contributed by atoms with van der Waals surface area (Å²) in [5, 5.41) is 32.9. The lowest BCUT2D eigenvalue weighted by molar-refractivity contribution is -0.131. The largest absolute Gasteiger partial charge is 0.481 e. The highest BCUT2D eigenvalue weighted by molar-refractivity contribution is 5.94. The van der Waals surface area contributed by atoms with Crippen LogP contribution < -0.4 is 10.1 Å². The number of benzene rings is 2. The average Bonchev–Trinajstić information content (AvgIpc) is 3.30. The Morgan fingerprint density at radius 3 is 2.79 bits per heavy atom. The fraction of sp³-hybridized carbons (Fsp3) is 0.357. The lowest BCUT2D eigenvalue weighted by Crippen LogP contribution is -2.43. The highest BCUT2D eigenvalue weighted by Gasteiger charge is 2.23. The van der Waals surface area contributed by atoms with E-state index in [9.17, 15) is 9.90 Å². The van der Waals surface area contributed by atoms with Crippen LogP contribution >= 0.6 is 0 Å². The minimum Gasteiger partial charge on any atom is -0.481 e. The van der Waals surface area contributed by atoms with Crippen molar-refractivity contribution in [3.63, 3.8) is 0 Å². The molecule has 3 heterocycles. The first kappa shape index (κ1) is 25.8. The second kappa shape index (κ2) is 11.3. The number of nitrogens with one attached hydrogen (secondary N) is 1. The van der Waals surface area contributed by atoms with Gasteiger partial charge in [-0.1, -0.05) is 23.4 Å². The zero-order chi connectivity index (χ0) is 26.6. The van der Waals surface area contributed by atoms with Crippen LogP contribution in [0.4, 0.5) is 0 Å². The van der Waals surface area contributed by atoms with E-state index >= 15 is 0 Å². The summed E-state index contributed by atoms with van der Waals surface area (Å²) in [6.07, 6.45) is 3.88. The van der Waals surface area contributed by atoms with Crippen LogP contribution in [-0.4, -0.2) is 73.8 Å². The molecule has 4 aromatic rings. The van der Waals surface area contributed by atoms with Crippen LogP contribution in [0.2, 0.25) is 0 Å². The molecule has 1 unspecified atom stereocenters. The molecule has 0 amide bonds. The van der Waals surface area contributed by atoms with Crippen molar-refractivity contribution in [3.05, 3.63) is 65.2 Å². The summed E-state index contributed by atoms with van der Waals surface area (Å²) in [7, 11) is 3.44. The maximum absolute atomic E-state index is 11.2. The van der Waals surface area contributed by atoms with Gasteiger partial charge in [0.25, 0.3) is 0 Å². The van der Waals surface area contributed by atoms with Gasteiger partial charge in [0.2, 0.25) is 5.88 Å². The van der Waals surface area contributed by atoms with Crippen molar-refractivity contribution in [3.8, 4) is 5.88 Å². The van der Waals surface area contributed by atoms with Gasteiger partial charge in [-0.25, -0.2) is 14.5 Å². The number of hydrogen-bond donors (Lipinski definition) is 3. The van der Waals surface area contributed by atoms with Gasteiger partial charge in [0.1, 0.15) is 5.52 Å². The topological polar surface area (TPSA) is 126 Å². The number of likely N-dealkylation sites (tertiary alicyclic amines) is 1. The molecule has 38 heavy (non-hydrogen) atoms. The third-order valence-corrected chi connectivity index (χ3v) is 7.16. The Morgan fingerprint density at radius 1 is 1.21 bits per heavy atom. The Kier molecular flexibility index (Phi) is 7.64. The summed E-state index contributed by atoms with van der Waals surface area (Å²) in [4.78, 5) is 17.9. The molecular weight excluding hydrogens is 484 g/mol. The maximum atomic E-state index is 11.2. The first-order valence-corrected chi connectivity index (χ1v) is 12.7. The summed E-state index contributed by atoms with van der Waals surface area (Å²) in [6, 6.07) is 13.9. The molecule has 0 spiro atoms. The molecule has 10 nitrogen and oxygen atoms in total. The van der Waals surface area contributed by atoms with Gasteiger partial charge in [0.05, 0.1) is 24.2 Å². The number of aliphatic hydroxyl groups excluding tert-OH is 1. The number of aliphatic carboxylic acids is 1. The summed E-state index contributed by atoms with van der Waals surface area (Å²) in [5.41, 5.74) is 5.15.